The molecule has 1 aromatic carbocycles. The van der Waals surface area contributed by atoms with Crippen molar-refractivity contribution < 1.29 is 9.53 Å². The summed E-state index contributed by atoms with van der Waals surface area (Å²) in [6.07, 6.45) is 0. The second kappa shape index (κ2) is 8.37. The number of anilines is 1. The second-order valence-electron chi connectivity index (χ2n) is 4.87. The summed E-state index contributed by atoms with van der Waals surface area (Å²) in [5.41, 5.74) is 1.18. The lowest BCUT2D eigenvalue weighted by molar-refractivity contribution is -0.115. The van der Waals surface area contributed by atoms with Gasteiger partial charge < -0.3 is 15.4 Å². The molecule has 1 aromatic rings. The molecule has 0 spiro atoms. The van der Waals surface area contributed by atoms with E-state index in [9.17, 15) is 4.79 Å². The van der Waals surface area contributed by atoms with Gasteiger partial charge in [-0.25, -0.2) is 0 Å². The molecule has 1 aliphatic heterocycles. The molecule has 1 aliphatic rings. The molecule has 0 saturated carbocycles. The molecule has 6 nitrogen and oxygen atoms in total. The summed E-state index contributed by atoms with van der Waals surface area (Å²) in [6.45, 7) is 5.43. The Kier molecular flexibility index (Phi) is 6.16. The Morgan fingerprint density at radius 3 is 2.95 bits per heavy atom. The third-order valence-electron chi connectivity index (χ3n) is 3.27. The van der Waals surface area contributed by atoms with Crippen molar-refractivity contribution in [3.63, 3.8) is 0 Å². The van der Waals surface area contributed by atoms with Crippen molar-refractivity contribution in [2.75, 3.05) is 51.3 Å². The number of nitriles is 1. The number of rotatable bonds is 6. The smallest absolute Gasteiger partial charge is 0.238 e. The van der Waals surface area contributed by atoms with Crippen LogP contribution in [0, 0.1) is 11.3 Å². The number of carbonyl (C=O) groups is 1. The highest BCUT2D eigenvalue weighted by molar-refractivity contribution is 5.92. The molecule has 0 atom stereocenters. The van der Waals surface area contributed by atoms with Crippen LogP contribution in [0.1, 0.15) is 5.56 Å². The van der Waals surface area contributed by atoms with Gasteiger partial charge in [0.15, 0.2) is 0 Å². The zero-order valence-electron chi connectivity index (χ0n) is 12.0. The minimum absolute atomic E-state index is 0.105. The Hall–Kier alpha value is -1.94. The third kappa shape index (κ3) is 5.52. The van der Waals surface area contributed by atoms with E-state index >= 15 is 0 Å². The number of carbonyl (C=O) groups excluding carboxylic acids is 1. The molecular formula is C15H20N4O2. The zero-order chi connectivity index (χ0) is 14.9. The molecule has 112 valence electrons. The van der Waals surface area contributed by atoms with Gasteiger partial charge in [-0.05, 0) is 18.2 Å². The highest BCUT2D eigenvalue weighted by Gasteiger charge is 2.09. The van der Waals surface area contributed by atoms with Gasteiger partial charge in [0.1, 0.15) is 0 Å². The number of nitrogens with zero attached hydrogens (tertiary/aromatic N) is 2. The monoisotopic (exact) mass is 288 g/mol. The topological polar surface area (TPSA) is 77.4 Å². The average molecular weight is 288 g/mol. The molecule has 0 aromatic heterocycles. The van der Waals surface area contributed by atoms with Crippen LogP contribution in [0.15, 0.2) is 24.3 Å². The van der Waals surface area contributed by atoms with Crippen molar-refractivity contribution in [2.45, 2.75) is 0 Å². The van der Waals surface area contributed by atoms with Gasteiger partial charge in [0.2, 0.25) is 5.91 Å². The lowest BCUT2D eigenvalue weighted by Crippen LogP contribution is -2.41. The fourth-order valence-corrected chi connectivity index (χ4v) is 2.14. The van der Waals surface area contributed by atoms with Crippen molar-refractivity contribution >= 4 is 11.6 Å². The predicted octanol–water partition coefficient (Wildman–Crippen LogP) is 0.419. The lowest BCUT2D eigenvalue weighted by Gasteiger charge is -2.26. The van der Waals surface area contributed by atoms with E-state index in [-0.39, 0.29) is 12.5 Å². The quantitative estimate of drug-likeness (QED) is 0.742. The molecule has 21 heavy (non-hydrogen) atoms. The molecule has 0 unspecified atom stereocenters. The van der Waals surface area contributed by atoms with E-state index in [0.717, 1.165) is 39.4 Å². The zero-order valence-corrected chi connectivity index (χ0v) is 12.0. The molecule has 1 amide bonds. The minimum Gasteiger partial charge on any atom is -0.379 e. The number of amides is 1. The predicted molar refractivity (Wildman–Crippen MR) is 79.9 cm³/mol. The van der Waals surface area contributed by atoms with Gasteiger partial charge in [-0.1, -0.05) is 6.07 Å². The first-order valence-electron chi connectivity index (χ1n) is 7.09. The van der Waals surface area contributed by atoms with Crippen LogP contribution in [0.25, 0.3) is 0 Å². The molecule has 0 radical (unpaired) electrons. The number of benzene rings is 1. The van der Waals surface area contributed by atoms with Crippen molar-refractivity contribution in [3.8, 4) is 6.07 Å². The molecule has 0 bridgehead atoms. The van der Waals surface area contributed by atoms with Crippen molar-refractivity contribution in [3.05, 3.63) is 29.8 Å². The van der Waals surface area contributed by atoms with Crippen LogP contribution >= 0.6 is 0 Å². The number of hydrogen-bond acceptors (Lipinski definition) is 5. The third-order valence-corrected chi connectivity index (χ3v) is 3.27. The second-order valence-corrected chi connectivity index (χ2v) is 4.87. The maximum Gasteiger partial charge on any atom is 0.238 e. The van der Waals surface area contributed by atoms with E-state index < -0.39 is 0 Å². The van der Waals surface area contributed by atoms with E-state index in [1.165, 1.54) is 0 Å². The van der Waals surface area contributed by atoms with Gasteiger partial charge in [0, 0.05) is 31.9 Å². The molecule has 2 rings (SSSR count). The molecule has 0 aliphatic carbocycles. The molecule has 1 heterocycles. The molecule has 6 heteroatoms. The van der Waals surface area contributed by atoms with Crippen LogP contribution in [0.3, 0.4) is 0 Å². The Balaban J connectivity index is 1.64. The van der Waals surface area contributed by atoms with Crippen LogP contribution in [0.4, 0.5) is 5.69 Å². The summed E-state index contributed by atoms with van der Waals surface area (Å²) in [7, 11) is 0. The summed E-state index contributed by atoms with van der Waals surface area (Å²) in [6, 6.07) is 8.93. The summed E-state index contributed by atoms with van der Waals surface area (Å²) in [5.74, 6) is -0.105. The number of ether oxygens (including phenoxy) is 1. The maximum absolute atomic E-state index is 11.8. The van der Waals surface area contributed by atoms with Crippen LogP contribution in [-0.4, -0.2) is 56.7 Å². The van der Waals surface area contributed by atoms with E-state index in [0.29, 0.717) is 11.3 Å². The van der Waals surface area contributed by atoms with Gasteiger partial charge in [-0.3, -0.25) is 9.69 Å². The van der Waals surface area contributed by atoms with Gasteiger partial charge in [-0.2, -0.15) is 5.26 Å². The standard InChI is InChI=1S/C15H20N4O2/c16-11-13-2-1-3-14(10-13)18-15(20)12-17-4-5-19-6-8-21-9-7-19/h1-3,10,17H,4-9,12H2,(H,18,20). The van der Waals surface area contributed by atoms with Crippen LogP contribution in [0.2, 0.25) is 0 Å². The van der Waals surface area contributed by atoms with E-state index in [4.69, 9.17) is 10.00 Å². The van der Waals surface area contributed by atoms with E-state index in [1.807, 2.05) is 6.07 Å². The van der Waals surface area contributed by atoms with Gasteiger partial charge in [0.25, 0.3) is 0 Å². The van der Waals surface area contributed by atoms with Crippen molar-refractivity contribution in [1.82, 2.24) is 10.2 Å². The first-order valence-corrected chi connectivity index (χ1v) is 7.09. The van der Waals surface area contributed by atoms with Gasteiger partial charge in [-0.15, -0.1) is 0 Å². The average Bonchev–Trinajstić information content (AvgIpc) is 2.53. The van der Waals surface area contributed by atoms with Gasteiger partial charge in [0.05, 0.1) is 31.4 Å². The first-order chi connectivity index (χ1) is 10.3. The van der Waals surface area contributed by atoms with E-state index in [2.05, 4.69) is 15.5 Å². The van der Waals surface area contributed by atoms with Crippen LogP contribution in [-0.2, 0) is 9.53 Å². The highest BCUT2D eigenvalue weighted by atomic mass is 16.5. The minimum atomic E-state index is -0.105. The number of hydrogen-bond donors (Lipinski definition) is 2. The maximum atomic E-state index is 11.8. The summed E-state index contributed by atoms with van der Waals surface area (Å²) >= 11 is 0. The lowest BCUT2D eigenvalue weighted by atomic mass is 10.2. The highest BCUT2D eigenvalue weighted by Crippen LogP contribution is 2.09. The van der Waals surface area contributed by atoms with E-state index in [1.54, 1.807) is 24.3 Å². The SMILES string of the molecule is N#Cc1cccc(NC(=O)CNCCN2CCOCC2)c1. The molecular weight excluding hydrogens is 268 g/mol. The molecule has 1 saturated heterocycles. The Labute approximate surface area is 124 Å². The van der Waals surface area contributed by atoms with Gasteiger partial charge >= 0.3 is 0 Å². The number of nitrogens with one attached hydrogen (secondary N) is 2. The number of morpholine rings is 1. The Bertz CT molecular complexity index is 507. The van der Waals surface area contributed by atoms with Crippen LogP contribution < -0.4 is 10.6 Å². The fourth-order valence-electron chi connectivity index (χ4n) is 2.14. The summed E-state index contributed by atoms with van der Waals surface area (Å²) in [4.78, 5) is 14.1. The summed E-state index contributed by atoms with van der Waals surface area (Å²) in [5, 5.41) is 14.7. The molecule has 1 fully saturated rings. The first kappa shape index (κ1) is 15.4. The largest absolute Gasteiger partial charge is 0.379 e. The normalized spacial score (nSPS) is 15.4. The Morgan fingerprint density at radius 1 is 1.38 bits per heavy atom. The fraction of sp³-hybridized carbons (Fsp3) is 0.467. The van der Waals surface area contributed by atoms with Crippen molar-refractivity contribution in [2.24, 2.45) is 0 Å². The Morgan fingerprint density at radius 2 is 2.19 bits per heavy atom. The molecule has 2 N–H and O–H groups in total. The summed E-state index contributed by atoms with van der Waals surface area (Å²) < 4.78 is 5.28. The van der Waals surface area contributed by atoms with Crippen LogP contribution in [0.5, 0.6) is 0 Å². The van der Waals surface area contributed by atoms with Crippen molar-refractivity contribution in [1.29, 1.82) is 5.26 Å².